The molecule has 0 aliphatic rings. The highest BCUT2D eigenvalue weighted by molar-refractivity contribution is 7.14. The van der Waals surface area contributed by atoms with E-state index in [1.54, 1.807) is 11.3 Å². The van der Waals surface area contributed by atoms with Gasteiger partial charge in [0.25, 0.3) is 0 Å². The van der Waals surface area contributed by atoms with Crippen molar-refractivity contribution >= 4 is 22.9 Å². The van der Waals surface area contributed by atoms with Gasteiger partial charge in [-0.05, 0) is 43.7 Å². The van der Waals surface area contributed by atoms with Crippen molar-refractivity contribution in [3.05, 3.63) is 33.8 Å². The fourth-order valence-electron chi connectivity index (χ4n) is 1.67. The maximum Gasteiger partial charge on any atom is 0.147 e. The fraction of sp³-hybridized carbons (Fsp3) is 0.385. The van der Waals surface area contributed by atoms with Crippen LogP contribution in [0.25, 0.3) is 10.6 Å². The third kappa shape index (κ3) is 3.51. The Morgan fingerprint density at radius 1 is 1.28 bits per heavy atom. The van der Waals surface area contributed by atoms with E-state index >= 15 is 0 Å². The molecule has 0 saturated carbocycles. The summed E-state index contributed by atoms with van der Waals surface area (Å²) in [6, 6.07) is 5.95. The van der Waals surface area contributed by atoms with Gasteiger partial charge < -0.3 is 5.32 Å². The van der Waals surface area contributed by atoms with Crippen molar-refractivity contribution in [2.75, 3.05) is 6.54 Å². The molecule has 0 unspecified atom stereocenters. The summed E-state index contributed by atoms with van der Waals surface area (Å²) in [6.07, 6.45) is 1.12. The summed E-state index contributed by atoms with van der Waals surface area (Å²) in [4.78, 5) is 0. The van der Waals surface area contributed by atoms with Crippen LogP contribution in [0.4, 0.5) is 0 Å². The number of nitrogens with zero attached hydrogens (tertiary/aromatic N) is 2. The molecule has 96 valence electrons. The van der Waals surface area contributed by atoms with E-state index in [1.165, 1.54) is 0 Å². The number of nitrogens with one attached hydrogen (secondary N) is 1. The third-order valence-electron chi connectivity index (χ3n) is 2.46. The van der Waals surface area contributed by atoms with Crippen molar-refractivity contribution in [2.45, 2.75) is 26.8 Å². The van der Waals surface area contributed by atoms with E-state index in [0.717, 1.165) is 45.7 Å². The summed E-state index contributed by atoms with van der Waals surface area (Å²) in [5, 5.41) is 14.4. The molecule has 2 rings (SSSR count). The predicted octanol–water partition coefficient (Wildman–Crippen LogP) is 3.67. The van der Waals surface area contributed by atoms with Gasteiger partial charge in [0.15, 0.2) is 0 Å². The highest BCUT2D eigenvalue weighted by atomic mass is 35.5. The largest absolute Gasteiger partial charge is 0.310 e. The highest BCUT2D eigenvalue weighted by Gasteiger charge is 2.07. The lowest BCUT2D eigenvalue weighted by Crippen LogP contribution is -2.13. The van der Waals surface area contributed by atoms with E-state index in [4.69, 9.17) is 11.6 Å². The smallest absolute Gasteiger partial charge is 0.147 e. The summed E-state index contributed by atoms with van der Waals surface area (Å²) in [5.74, 6) is 0. The average Bonchev–Trinajstić information content (AvgIpc) is 2.77. The van der Waals surface area contributed by atoms with Gasteiger partial charge in [-0.2, -0.15) is 0 Å². The van der Waals surface area contributed by atoms with Crippen LogP contribution in [-0.2, 0) is 6.54 Å². The summed E-state index contributed by atoms with van der Waals surface area (Å²) < 4.78 is 0. The second kappa shape index (κ2) is 6.27. The quantitative estimate of drug-likeness (QED) is 0.850. The van der Waals surface area contributed by atoms with E-state index in [-0.39, 0.29) is 0 Å². The fourth-order valence-corrected chi connectivity index (χ4v) is 2.76. The van der Waals surface area contributed by atoms with Gasteiger partial charge >= 0.3 is 0 Å². The Morgan fingerprint density at radius 2 is 2.11 bits per heavy atom. The summed E-state index contributed by atoms with van der Waals surface area (Å²) in [6.45, 7) is 5.96. The van der Waals surface area contributed by atoms with Crippen LogP contribution in [-0.4, -0.2) is 16.7 Å². The van der Waals surface area contributed by atoms with Crippen LogP contribution in [0.5, 0.6) is 0 Å². The van der Waals surface area contributed by atoms with E-state index in [1.807, 2.05) is 19.1 Å². The number of halogens is 1. The number of aromatic nitrogens is 2. The van der Waals surface area contributed by atoms with Crippen LogP contribution < -0.4 is 5.32 Å². The Labute approximate surface area is 116 Å². The lowest BCUT2D eigenvalue weighted by atomic mass is 10.1. The van der Waals surface area contributed by atoms with E-state index in [0.29, 0.717) is 0 Å². The standard InChI is InChI=1S/C13H16ClN3S/c1-3-4-15-8-12-16-17-13(18-12)10-5-9(2)6-11(14)7-10/h5-7,15H,3-4,8H2,1-2H3. The predicted molar refractivity (Wildman–Crippen MR) is 77.1 cm³/mol. The van der Waals surface area contributed by atoms with Crippen molar-refractivity contribution in [2.24, 2.45) is 0 Å². The maximum absolute atomic E-state index is 6.05. The summed E-state index contributed by atoms with van der Waals surface area (Å²) >= 11 is 7.66. The molecule has 1 aromatic carbocycles. The molecule has 0 atom stereocenters. The second-order valence-electron chi connectivity index (χ2n) is 4.19. The minimum absolute atomic E-state index is 0.742. The van der Waals surface area contributed by atoms with Crippen LogP contribution in [0.15, 0.2) is 18.2 Å². The van der Waals surface area contributed by atoms with Gasteiger partial charge in [-0.25, -0.2) is 0 Å². The summed E-state index contributed by atoms with van der Waals surface area (Å²) in [7, 11) is 0. The minimum atomic E-state index is 0.742. The molecule has 0 bridgehead atoms. The lowest BCUT2D eigenvalue weighted by molar-refractivity contribution is 0.668. The first-order valence-electron chi connectivity index (χ1n) is 5.99. The zero-order valence-corrected chi connectivity index (χ0v) is 12.1. The number of hydrogen-bond acceptors (Lipinski definition) is 4. The highest BCUT2D eigenvalue weighted by Crippen LogP contribution is 2.27. The summed E-state index contributed by atoms with van der Waals surface area (Å²) in [5.41, 5.74) is 2.18. The zero-order chi connectivity index (χ0) is 13.0. The molecule has 1 heterocycles. The molecule has 3 nitrogen and oxygen atoms in total. The molecule has 0 fully saturated rings. The van der Waals surface area contributed by atoms with Gasteiger partial charge in [0.05, 0.1) is 0 Å². The molecule has 1 aromatic heterocycles. The Bertz CT molecular complexity index is 504. The van der Waals surface area contributed by atoms with Gasteiger partial charge in [0.2, 0.25) is 0 Å². The van der Waals surface area contributed by atoms with E-state index in [2.05, 4.69) is 28.5 Å². The number of aryl methyl sites for hydroxylation is 1. The first-order chi connectivity index (χ1) is 8.69. The molecule has 18 heavy (non-hydrogen) atoms. The normalized spacial score (nSPS) is 10.8. The minimum Gasteiger partial charge on any atom is -0.310 e. The molecular weight excluding hydrogens is 266 g/mol. The number of hydrogen-bond donors (Lipinski definition) is 1. The number of rotatable bonds is 5. The monoisotopic (exact) mass is 281 g/mol. The first-order valence-corrected chi connectivity index (χ1v) is 7.19. The zero-order valence-electron chi connectivity index (χ0n) is 10.5. The Morgan fingerprint density at radius 3 is 2.83 bits per heavy atom. The van der Waals surface area contributed by atoms with Crippen LogP contribution >= 0.6 is 22.9 Å². The maximum atomic E-state index is 6.05. The first kappa shape index (κ1) is 13.5. The van der Waals surface area contributed by atoms with Crippen molar-refractivity contribution in [1.29, 1.82) is 0 Å². The van der Waals surface area contributed by atoms with Gasteiger partial charge in [-0.15, -0.1) is 10.2 Å². The molecule has 0 radical (unpaired) electrons. The van der Waals surface area contributed by atoms with Gasteiger partial charge in [0, 0.05) is 17.1 Å². The van der Waals surface area contributed by atoms with E-state index < -0.39 is 0 Å². The lowest BCUT2D eigenvalue weighted by Gasteiger charge is -1.99. The van der Waals surface area contributed by atoms with Crippen LogP contribution in [0, 0.1) is 6.92 Å². The topological polar surface area (TPSA) is 37.8 Å². The molecule has 0 spiro atoms. The molecule has 0 aliphatic carbocycles. The molecule has 0 amide bonds. The van der Waals surface area contributed by atoms with Crippen molar-refractivity contribution in [3.63, 3.8) is 0 Å². The molecule has 1 N–H and O–H groups in total. The average molecular weight is 282 g/mol. The molecular formula is C13H16ClN3S. The van der Waals surface area contributed by atoms with Crippen LogP contribution in [0.2, 0.25) is 5.02 Å². The van der Waals surface area contributed by atoms with Crippen molar-refractivity contribution < 1.29 is 0 Å². The number of benzene rings is 1. The molecule has 0 aliphatic heterocycles. The Kier molecular flexibility index (Phi) is 4.69. The van der Waals surface area contributed by atoms with Gasteiger partial charge in [0.1, 0.15) is 10.0 Å². The third-order valence-corrected chi connectivity index (χ3v) is 3.65. The Balaban J connectivity index is 2.13. The molecule has 0 saturated heterocycles. The molecule has 5 heteroatoms. The SMILES string of the molecule is CCCNCc1nnc(-c2cc(C)cc(Cl)c2)s1. The van der Waals surface area contributed by atoms with Gasteiger partial charge in [-0.3, -0.25) is 0 Å². The van der Waals surface area contributed by atoms with Crippen LogP contribution in [0.1, 0.15) is 23.9 Å². The van der Waals surface area contributed by atoms with Crippen molar-refractivity contribution in [1.82, 2.24) is 15.5 Å². The Hall–Kier alpha value is -0.970. The van der Waals surface area contributed by atoms with Crippen LogP contribution in [0.3, 0.4) is 0 Å². The van der Waals surface area contributed by atoms with Crippen molar-refractivity contribution in [3.8, 4) is 10.6 Å². The second-order valence-corrected chi connectivity index (χ2v) is 5.69. The van der Waals surface area contributed by atoms with E-state index in [9.17, 15) is 0 Å². The van der Waals surface area contributed by atoms with Gasteiger partial charge in [-0.1, -0.05) is 29.9 Å². The molecule has 2 aromatic rings.